The van der Waals surface area contributed by atoms with Crippen molar-refractivity contribution in [3.8, 4) is 5.75 Å². The molecular weight excluding hydrogens is 195 g/mol. The van der Waals surface area contributed by atoms with E-state index in [2.05, 4.69) is 10.6 Å². The van der Waals surface area contributed by atoms with Crippen LogP contribution in [0.5, 0.6) is 5.75 Å². The topological polar surface area (TPSA) is 33.3 Å². The SMILES string of the molecule is CNCCC1COc2cccc(F)c2N1. The maximum atomic E-state index is 13.4. The summed E-state index contributed by atoms with van der Waals surface area (Å²) in [6.45, 7) is 1.49. The van der Waals surface area contributed by atoms with Gasteiger partial charge in [0.1, 0.15) is 23.9 Å². The Morgan fingerprint density at radius 2 is 2.47 bits per heavy atom. The predicted molar refractivity (Wildman–Crippen MR) is 57.8 cm³/mol. The Hall–Kier alpha value is -1.29. The number of halogens is 1. The smallest absolute Gasteiger partial charge is 0.150 e. The number of hydrogen-bond acceptors (Lipinski definition) is 3. The van der Waals surface area contributed by atoms with Crippen molar-refractivity contribution in [3.05, 3.63) is 24.0 Å². The zero-order valence-electron chi connectivity index (χ0n) is 8.72. The third-order valence-corrected chi connectivity index (χ3v) is 2.51. The Morgan fingerprint density at radius 3 is 3.27 bits per heavy atom. The number of rotatable bonds is 3. The fourth-order valence-electron chi connectivity index (χ4n) is 1.67. The van der Waals surface area contributed by atoms with E-state index in [0.29, 0.717) is 18.0 Å². The molecule has 0 saturated carbocycles. The lowest BCUT2D eigenvalue weighted by molar-refractivity contribution is 0.276. The normalized spacial score (nSPS) is 18.9. The van der Waals surface area contributed by atoms with Crippen LogP contribution >= 0.6 is 0 Å². The maximum absolute atomic E-state index is 13.4. The number of anilines is 1. The van der Waals surface area contributed by atoms with Crippen molar-refractivity contribution in [2.45, 2.75) is 12.5 Å². The van der Waals surface area contributed by atoms with E-state index in [-0.39, 0.29) is 11.9 Å². The van der Waals surface area contributed by atoms with Gasteiger partial charge in [0.05, 0.1) is 6.04 Å². The maximum Gasteiger partial charge on any atom is 0.150 e. The molecule has 3 nitrogen and oxygen atoms in total. The minimum Gasteiger partial charge on any atom is -0.489 e. The minimum atomic E-state index is -0.248. The molecule has 1 aliphatic heterocycles. The van der Waals surface area contributed by atoms with Crippen LogP contribution < -0.4 is 15.4 Å². The lowest BCUT2D eigenvalue weighted by Gasteiger charge is -2.27. The zero-order valence-corrected chi connectivity index (χ0v) is 8.72. The second-order valence-electron chi connectivity index (χ2n) is 3.66. The van der Waals surface area contributed by atoms with Crippen molar-refractivity contribution in [2.24, 2.45) is 0 Å². The van der Waals surface area contributed by atoms with E-state index in [1.54, 1.807) is 12.1 Å². The average Bonchev–Trinajstić information content (AvgIpc) is 2.27. The summed E-state index contributed by atoms with van der Waals surface area (Å²) in [5.41, 5.74) is 0.491. The van der Waals surface area contributed by atoms with Crippen molar-refractivity contribution in [1.82, 2.24) is 5.32 Å². The molecule has 0 bridgehead atoms. The number of nitrogens with one attached hydrogen (secondary N) is 2. The third-order valence-electron chi connectivity index (χ3n) is 2.51. The monoisotopic (exact) mass is 210 g/mol. The second kappa shape index (κ2) is 4.49. The highest BCUT2D eigenvalue weighted by molar-refractivity contribution is 5.59. The van der Waals surface area contributed by atoms with Crippen LogP contribution in [0, 0.1) is 5.82 Å². The van der Waals surface area contributed by atoms with Gasteiger partial charge >= 0.3 is 0 Å². The van der Waals surface area contributed by atoms with Gasteiger partial charge in [-0.15, -0.1) is 0 Å². The van der Waals surface area contributed by atoms with Crippen LogP contribution in [0.25, 0.3) is 0 Å². The standard InChI is InChI=1S/C11H15FN2O/c1-13-6-5-8-7-15-10-4-2-3-9(12)11(10)14-8/h2-4,8,13-14H,5-7H2,1H3. The van der Waals surface area contributed by atoms with E-state index in [1.807, 2.05) is 7.05 Å². The molecule has 0 radical (unpaired) electrons. The number of para-hydroxylation sites is 1. The lowest BCUT2D eigenvalue weighted by atomic mass is 10.1. The Bertz CT molecular complexity index is 343. The molecule has 0 amide bonds. The first-order valence-electron chi connectivity index (χ1n) is 5.13. The number of ether oxygens (including phenoxy) is 1. The molecule has 1 atom stereocenters. The van der Waals surface area contributed by atoms with Crippen molar-refractivity contribution < 1.29 is 9.13 Å². The van der Waals surface area contributed by atoms with Crippen LogP contribution in [0.3, 0.4) is 0 Å². The van der Waals surface area contributed by atoms with Gasteiger partial charge in [0.15, 0.2) is 0 Å². The molecule has 0 aromatic heterocycles. The molecule has 1 aliphatic rings. The summed E-state index contributed by atoms with van der Waals surface area (Å²) in [4.78, 5) is 0. The van der Waals surface area contributed by atoms with Crippen LogP contribution in [0.1, 0.15) is 6.42 Å². The van der Waals surface area contributed by atoms with Gasteiger partial charge in [-0.3, -0.25) is 0 Å². The molecule has 0 fully saturated rings. The largest absolute Gasteiger partial charge is 0.489 e. The molecule has 0 saturated heterocycles. The molecule has 2 N–H and O–H groups in total. The first-order valence-corrected chi connectivity index (χ1v) is 5.13. The minimum absolute atomic E-state index is 0.182. The van der Waals surface area contributed by atoms with Gasteiger partial charge in [0.2, 0.25) is 0 Å². The molecule has 1 aromatic rings. The van der Waals surface area contributed by atoms with Crippen LogP contribution in [0.4, 0.5) is 10.1 Å². The molecular formula is C11H15FN2O. The van der Waals surface area contributed by atoms with E-state index in [1.165, 1.54) is 6.07 Å². The fraction of sp³-hybridized carbons (Fsp3) is 0.455. The molecule has 4 heteroatoms. The highest BCUT2D eigenvalue weighted by Gasteiger charge is 2.20. The first kappa shape index (κ1) is 10.2. The fourth-order valence-corrected chi connectivity index (χ4v) is 1.67. The molecule has 0 aliphatic carbocycles. The Labute approximate surface area is 88.6 Å². The van der Waals surface area contributed by atoms with Crippen molar-refractivity contribution in [3.63, 3.8) is 0 Å². The summed E-state index contributed by atoms with van der Waals surface area (Å²) in [5.74, 6) is 0.359. The van der Waals surface area contributed by atoms with Crippen LogP contribution in [0.2, 0.25) is 0 Å². The van der Waals surface area contributed by atoms with Gasteiger partial charge in [-0.05, 0) is 32.1 Å². The highest BCUT2D eigenvalue weighted by Crippen LogP contribution is 2.31. The molecule has 15 heavy (non-hydrogen) atoms. The quantitative estimate of drug-likeness (QED) is 0.795. The summed E-state index contributed by atoms with van der Waals surface area (Å²) in [6.07, 6.45) is 0.921. The van der Waals surface area contributed by atoms with E-state index in [4.69, 9.17) is 4.74 Å². The number of benzene rings is 1. The van der Waals surface area contributed by atoms with Gasteiger partial charge < -0.3 is 15.4 Å². The van der Waals surface area contributed by atoms with Gasteiger partial charge in [-0.25, -0.2) is 4.39 Å². The number of hydrogen-bond donors (Lipinski definition) is 2. The number of fused-ring (bicyclic) bond motifs is 1. The first-order chi connectivity index (χ1) is 7.31. The van der Waals surface area contributed by atoms with Crippen LogP contribution in [-0.2, 0) is 0 Å². The second-order valence-corrected chi connectivity index (χ2v) is 3.66. The predicted octanol–water partition coefficient (Wildman–Crippen LogP) is 1.61. The van der Waals surface area contributed by atoms with E-state index >= 15 is 0 Å². The van der Waals surface area contributed by atoms with Gasteiger partial charge in [-0.2, -0.15) is 0 Å². The Morgan fingerprint density at radius 1 is 1.60 bits per heavy atom. The Kier molecular flexibility index (Phi) is 3.06. The van der Waals surface area contributed by atoms with Crippen molar-refractivity contribution in [2.75, 3.05) is 25.5 Å². The molecule has 0 spiro atoms. The third kappa shape index (κ3) is 2.21. The molecule has 2 rings (SSSR count). The summed E-state index contributed by atoms with van der Waals surface area (Å²) in [5, 5.41) is 6.22. The van der Waals surface area contributed by atoms with Gasteiger partial charge in [0.25, 0.3) is 0 Å². The molecule has 82 valence electrons. The van der Waals surface area contributed by atoms with E-state index in [0.717, 1.165) is 13.0 Å². The molecule has 1 heterocycles. The van der Waals surface area contributed by atoms with Crippen LogP contribution in [-0.4, -0.2) is 26.2 Å². The Balaban J connectivity index is 2.08. The summed E-state index contributed by atoms with van der Waals surface area (Å²) in [6, 6.07) is 5.06. The van der Waals surface area contributed by atoms with Gasteiger partial charge in [0, 0.05) is 0 Å². The summed E-state index contributed by atoms with van der Waals surface area (Å²) in [7, 11) is 1.90. The van der Waals surface area contributed by atoms with Crippen molar-refractivity contribution >= 4 is 5.69 Å². The van der Waals surface area contributed by atoms with Crippen LogP contribution in [0.15, 0.2) is 18.2 Å². The van der Waals surface area contributed by atoms with Gasteiger partial charge in [-0.1, -0.05) is 6.07 Å². The average molecular weight is 210 g/mol. The lowest BCUT2D eigenvalue weighted by Crippen LogP contribution is -2.34. The molecule has 1 unspecified atom stereocenters. The van der Waals surface area contributed by atoms with E-state index < -0.39 is 0 Å². The summed E-state index contributed by atoms with van der Waals surface area (Å²) < 4.78 is 18.9. The van der Waals surface area contributed by atoms with E-state index in [9.17, 15) is 4.39 Å². The zero-order chi connectivity index (χ0) is 10.7. The van der Waals surface area contributed by atoms with Crippen molar-refractivity contribution in [1.29, 1.82) is 0 Å². The highest BCUT2D eigenvalue weighted by atomic mass is 19.1. The molecule has 1 aromatic carbocycles. The summed E-state index contributed by atoms with van der Waals surface area (Å²) >= 11 is 0.